The van der Waals surface area contributed by atoms with Crippen LogP contribution in [-0.2, 0) is 11.2 Å². The van der Waals surface area contributed by atoms with E-state index in [1.54, 1.807) is 0 Å². The molecule has 0 saturated heterocycles. The first-order valence-corrected chi connectivity index (χ1v) is 6.45. The van der Waals surface area contributed by atoms with Crippen LogP contribution in [0.3, 0.4) is 0 Å². The van der Waals surface area contributed by atoms with Gasteiger partial charge in [0.1, 0.15) is 0 Å². The van der Waals surface area contributed by atoms with Gasteiger partial charge < -0.3 is 4.74 Å². The number of hydrogen-bond acceptors (Lipinski definition) is 1. The third-order valence-electron chi connectivity index (χ3n) is 2.37. The largest absolute Gasteiger partial charge is 0.381 e. The van der Waals surface area contributed by atoms with Crippen LogP contribution in [0.2, 0.25) is 0 Å². The molecule has 1 aromatic rings. The average molecular weight is 271 g/mol. The predicted octanol–water partition coefficient (Wildman–Crippen LogP) is 4.20. The van der Waals surface area contributed by atoms with E-state index in [0.29, 0.717) is 0 Å². The number of halogens is 1. The van der Waals surface area contributed by atoms with Crippen molar-refractivity contribution in [3.63, 3.8) is 0 Å². The van der Waals surface area contributed by atoms with Crippen LogP contribution in [0.15, 0.2) is 28.7 Å². The summed E-state index contributed by atoms with van der Waals surface area (Å²) in [4.78, 5) is 0. The van der Waals surface area contributed by atoms with Gasteiger partial charge in [-0.15, -0.1) is 0 Å². The van der Waals surface area contributed by atoms with Gasteiger partial charge in [0.25, 0.3) is 0 Å². The van der Waals surface area contributed by atoms with Gasteiger partial charge in [0.15, 0.2) is 0 Å². The van der Waals surface area contributed by atoms with E-state index in [1.807, 2.05) is 6.07 Å². The first-order chi connectivity index (χ1) is 7.34. The summed E-state index contributed by atoms with van der Waals surface area (Å²) >= 11 is 3.53. The molecule has 0 amide bonds. The van der Waals surface area contributed by atoms with Crippen molar-refractivity contribution in [1.29, 1.82) is 0 Å². The van der Waals surface area contributed by atoms with E-state index in [4.69, 9.17) is 4.74 Å². The zero-order valence-corrected chi connectivity index (χ0v) is 10.9. The van der Waals surface area contributed by atoms with Gasteiger partial charge in [-0.25, -0.2) is 0 Å². The van der Waals surface area contributed by atoms with Gasteiger partial charge >= 0.3 is 0 Å². The fraction of sp³-hybridized carbons (Fsp3) is 0.538. The van der Waals surface area contributed by atoms with Crippen LogP contribution in [0.25, 0.3) is 0 Å². The molecule has 0 saturated carbocycles. The van der Waals surface area contributed by atoms with E-state index in [1.165, 1.54) is 29.3 Å². The van der Waals surface area contributed by atoms with Crippen LogP contribution in [0.4, 0.5) is 0 Å². The molecule has 0 aliphatic carbocycles. The fourth-order valence-electron chi connectivity index (χ4n) is 1.44. The van der Waals surface area contributed by atoms with E-state index in [-0.39, 0.29) is 0 Å². The molecule has 0 aromatic heterocycles. The first kappa shape index (κ1) is 12.7. The van der Waals surface area contributed by atoms with Crippen molar-refractivity contribution in [2.24, 2.45) is 0 Å². The maximum atomic E-state index is 5.57. The third kappa shape index (κ3) is 5.33. The smallest absolute Gasteiger partial charge is 0.0506 e. The van der Waals surface area contributed by atoms with Gasteiger partial charge in [-0.1, -0.05) is 53.9 Å². The Morgan fingerprint density at radius 2 is 1.93 bits per heavy atom. The molecule has 0 atom stereocenters. The molecule has 1 aromatic carbocycles. The molecule has 0 spiro atoms. The SMILES string of the molecule is CCCCCOCCc1ccccc1Br. The van der Waals surface area contributed by atoms with Gasteiger partial charge in [0.2, 0.25) is 0 Å². The predicted molar refractivity (Wildman–Crippen MR) is 68.2 cm³/mol. The highest BCUT2D eigenvalue weighted by Crippen LogP contribution is 2.16. The van der Waals surface area contributed by atoms with Crippen LogP contribution in [0, 0.1) is 0 Å². The van der Waals surface area contributed by atoms with Crippen LogP contribution in [0.1, 0.15) is 31.7 Å². The first-order valence-electron chi connectivity index (χ1n) is 5.65. The van der Waals surface area contributed by atoms with Gasteiger partial charge in [-0.3, -0.25) is 0 Å². The molecule has 0 aliphatic rings. The highest BCUT2D eigenvalue weighted by molar-refractivity contribution is 9.10. The Labute approximate surface area is 101 Å². The monoisotopic (exact) mass is 270 g/mol. The number of ether oxygens (including phenoxy) is 1. The van der Waals surface area contributed by atoms with E-state index in [0.717, 1.165) is 19.6 Å². The molecule has 0 N–H and O–H groups in total. The summed E-state index contributed by atoms with van der Waals surface area (Å²) in [6, 6.07) is 8.32. The second-order valence-electron chi connectivity index (χ2n) is 3.66. The molecule has 2 heteroatoms. The summed E-state index contributed by atoms with van der Waals surface area (Å²) in [5, 5.41) is 0. The fourth-order valence-corrected chi connectivity index (χ4v) is 1.92. The van der Waals surface area contributed by atoms with Crippen molar-refractivity contribution < 1.29 is 4.74 Å². The van der Waals surface area contributed by atoms with Gasteiger partial charge in [0.05, 0.1) is 6.61 Å². The molecular formula is C13H19BrO. The normalized spacial score (nSPS) is 10.5. The van der Waals surface area contributed by atoms with E-state index in [9.17, 15) is 0 Å². The summed E-state index contributed by atoms with van der Waals surface area (Å²) in [5.41, 5.74) is 1.33. The molecule has 0 fully saturated rings. The molecule has 0 bridgehead atoms. The summed E-state index contributed by atoms with van der Waals surface area (Å²) in [5.74, 6) is 0. The second kappa shape index (κ2) is 7.89. The van der Waals surface area contributed by atoms with E-state index >= 15 is 0 Å². The van der Waals surface area contributed by atoms with Crippen molar-refractivity contribution in [3.8, 4) is 0 Å². The Morgan fingerprint density at radius 3 is 2.67 bits per heavy atom. The summed E-state index contributed by atoms with van der Waals surface area (Å²) < 4.78 is 6.76. The average Bonchev–Trinajstić information content (AvgIpc) is 2.25. The number of rotatable bonds is 7. The van der Waals surface area contributed by atoms with Crippen LogP contribution >= 0.6 is 15.9 Å². The van der Waals surface area contributed by atoms with Crippen LogP contribution < -0.4 is 0 Å². The van der Waals surface area contributed by atoms with Crippen LogP contribution in [-0.4, -0.2) is 13.2 Å². The lowest BCUT2D eigenvalue weighted by atomic mass is 10.2. The van der Waals surface area contributed by atoms with Crippen molar-refractivity contribution in [3.05, 3.63) is 34.3 Å². The Kier molecular flexibility index (Phi) is 6.69. The maximum Gasteiger partial charge on any atom is 0.0506 e. The highest BCUT2D eigenvalue weighted by atomic mass is 79.9. The summed E-state index contributed by atoms with van der Waals surface area (Å²) in [6.45, 7) is 3.94. The van der Waals surface area contributed by atoms with E-state index in [2.05, 4.69) is 41.1 Å². The molecule has 1 rings (SSSR count). The van der Waals surface area contributed by atoms with Gasteiger partial charge in [0, 0.05) is 11.1 Å². The lowest BCUT2D eigenvalue weighted by Crippen LogP contribution is -2.00. The number of hydrogen-bond donors (Lipinski definition) is 0. The maximum absolute atomic E-state index is 5.57. The number of benzene rings is 1. The highest BCUT2D eigenvalue weighted by Gasteiger charge is 1.97. The summed E-state index contributed by atoms with van der Waals surface area (Å²) in [6.07, 6.45) is 4.71. The van der Waals surface area contributed by atoms with Crippen molar-refractivity contribution in [1.82, 2.24) is 0 Å². The molecule has 0 heterocycles. The second-order valence-corrected chi connectivity index (χ2v) is 4.52. The molecular weight excluding hydrogens is 252 g/mol. The molecule has 15 heavy (non-hydrogen) atoms. The Bertz CT molecular complexity index is 273. The van der Waals surface area contributed by atoms with E-state index < -0.39 is 0 Å². The lowest BCUT2D eigenvalue weighted by molar-refractivity contribution is 0.133. The zero-order chi connectivity index (χ0) is 10.9. The zero-order valence-electron chi connectivity index (χ0n) is 9.34. The molecule has 0 aliphatic heterocycles. The van der Waals surface area contributed by atoms with Crippen LogP contribution in [0.5, 0.6) is 0 Å². The lowest BCUT2D eigenvalue weighted by Gasteiger charge is -2.05. The topological polar surface area (TPSA) is 9.23 Å². The van der Waals surface area contributed by atoms with Crippen molar-refractivity contribution in [2.45, 2.75) is 32.6 Å². The Morgan fingerprint density at radius 1 is 1.13 bits per heavy atom. The Balaban J connectivity index is 2.12. The minimum absolute atomic E-state index is 0.826. The molecule has 0 radical (unpaired) electrons. The van der Waals surface area contributed by atoms with Gasteiger partial charge in [-0.05, 0) is 24.5 Å². The third-order valence-corrected chi connectivity index (χ3v) is 3.14. The number of unbranched alkanes of at least 4 members (excludes halogenated alkanes) is 2. The molecule has 0 unspecified atom stereocenters. The van der Waals surface area contributed by atoms with Crippen molar-refractivity contribution >= 4 is 15.9 Å². The Hall–Kier alpha value is -0.340. The summed E-state index contributed by atoms with van der Waals surface area (Å²) in [7, 11) is 0. The minimum Gasteiger partial charge on any atom is -0.381 e. The quantitative estimate of drug-likeness (QED) is 0.675. The van der Waals surface area contributed by atoms with Gasteiger partial charge in [-0.2, -0.15) is 0 Å². The van der Waals surface area contributed by atoms with Crippen molar-refractivity contribution in [2.75, 3.05) is 13.2 Å². The minimum atomic E-state index is 0.826. The standard InChI is InChI=1S/C13H19BrO/c1-2-3-6-10-15-11-9-12-7-4-5-8-13(12)14/h4-5,7-8H,2-3,6,9-11H2,1H3. The molecule has 1 nitrogen and oxygen atoms in total. The molecule has 84 valence electrons.